The van der Waals surface area contributed by atoms with E-state index in [0.717, 1.165) is 5.56 Å². The van der Waals surface area contributed by atoms with Crippen molar-refractivity contribution in [3.05, 3.63) is 58.9 Å². The lowest BCUT2D eigenvalue weighted by Gasteiger charge is -2.15. The van der Waals surface area contributed by atoms with E-state index in [4.69, 9.17) is 20.4 Å². The maximum Gasteiger partial charge on any atom is 0.283 e. The zero-order valence-corrected chi connectivity index (χ0v) is 12.5. The van der Waals surface area contributed by atoms with Gasteiger partial charge in [0.25, 0.3) is 5.89 Å². The Balaban J connectivity index is 1.65. The van der Waals surface area contributed by atoms with Crippen molar-refractivity contribution < 1.29 is 13.2 Å². The summed E-state index contributed by atoms with van der Waals surface area (Å²) in [6, 6.07) is 7.85. The number of benzene rings is 1. The Kier molecular flexibility index (Phi) is 4.22. The summed E-state index contributed by atoms with van der Waals surface area (Å²) in [6.45, 7) is 0.985. The molecule has 0 saturated heterocycles. The first-order valence-corrected chi connectivity index (χ1v) is 6.98. The van der Waals surface area contributed by atoms with Gasteiger partial charge in [-0.05, 0) is 36.9 Å². The van der Waals surface area contributed by atoms with E-state index in [1.165, 1.54) is 12.1 Å². The first kappa shape index (κ1) is 14.7. The number of hydrogen-bond donors (Lipinski definition) is 0. The average molecular weight is 322 g/mol. The van der Waals surface area contributed by atoms with Crippen molar-refractivity contribution in [3.8, 4) is 11.7 Å². The minimum Gasteiger partial charge on any atom is -0.459 e. The highest BCUT2D eigenvalue weighted by molar-refractivity contribution is 6.31. The zero-order chi connectivity index (χ0) is 15.5. The first-order valence-electron chi connectivity index (χ1n) is 6.60. The average Bonchev–Trinajstić information content (AvgIpc) is 3.12. The molecule has 3 rings (SSSR count). The van der Waals surface area contributed by atoms with Crippen LogP contribution in [-0.2, 0) is 13.1 Å². The van der Waals surface area contributed by atoms with E-state index >= 15 is 0 Å². The molecule has 0 saturated carbocycles. The summed E-state index contributed by atoms with van der Waals surface area (Å²) in [6.07, 6.45) is 1.54. The molecule has 5 nitrogen and oxygen atoms in total. The Labute approximate surface area is 131 Å². The number of aromatic nitrogens is 2. The molecule has 0 bridgehead atoms. The van der Waals surface area contributed by atoms with Gasteiger partial charge in [-0.15, -0.1) is 10.2 Å². The van der Waals surface area contributed by atoms with E-state index in [1.807, 2.05) is 11.9 Å². The Bertz CT molecular complexity index is 758. The molecule has 0 amide bonds. The molecule has 0 fully saturated rings. The molecule has 0 N–H and O–H groups in total. The highest BCUT2D eigenvalue weighted by Gasteiger charge is 2.13. The van der Waals surface area contributed by atoms with Gasteiger partial charge in [0.2, 0.25) is 5.89 Å². The van der Waals surface area contributed by atoms with Crippen molar-refractivity contribution in [2.45, 2.75) is 13.1 Å². The summed E-state index contributed by atoms with van der Waals surface area (Å²) < 4.78 is 23.8. The van der Waals surface area contributed by atoms with Crippen LogP contribution < -0.4 is 0 Å². The van der Waals surface area contributed by atoms with Crippen LogP contribution in [0.1, 0.15) is 11.5 Å². The molecule has 0 aliphatic carbocycles. The molecular weight excluding hydrogens is 309 g/mol. The van der Waals surface area contributed by atoms with Crippen LogP contribution in [0.3, 0.4) is 0 Å². The molecule has 2 heterocycles. The first-order chi connectivity index (χ1) is 10.6. The molecule has 0 radical (unpaired) electrons. The summed E-state index contributed by atoms with van der Waals surface area (Å²) in [5.41, 5.74) is 0.830. The number of nitrogens with zero attached hydrogens (tertiary/aromatic N) is 3. The van der Waals surface area contributed by atoms with Gasteiger partial charge >= 0.3 is 0 Å². The van der Waals surface area contributed by atoms with Gasteiger partial charge in [0, 0.05) is 11.6 Å². The van der Waals surface area contributed by atoms with E-state index < -0.39 is 0 Å². The number of furan rings is 1. The molecule has 1 aromatic carbocycles. The van der Waals surface area contributed by atoms with Crippen molar-refractivity contribution >= 4 is 11.6 Å². The van der Waals surface area contributed by atoms with Gasteiger partial charge in [-0.1, -0.05) is 17.7 Å². The molecule has 0 atom stereocenters. The van der Waals surface area contributed by atoms with Crippen LogP contribution in [0.4, 0.5) is 4.39 Å². The normalized spacial score (nSPS) is 11.3. The van der Waals surface area contributed by atoms with Gasteiger partial charge in [-0.2, -0.15) is 0 Å². The molecule has 0 unspecified atom stereocenters. The Hall–Kier alpha value is -2.18. The van der Waals surface area contributed by atoms with Crippen molar-refractivity contribution in [1.29, 1.82) is 0 Å². The van der Waals surface area contributed by atoms with Crippen LogP contribution in [-0.4, -0.2) is 22.1 Å². The monoisotopic (exact) mass is 321 g/mol. The van der Waals surface area contributed by atoms with Crippen molar-refractivity contribution in [1.82, 2.24) is 15.1 Å². The second-order valence-electron chi connectivity index (χ2n) is 4.89. The quantitative estimate of drug-likeness (QED) is 0.716. The lowest BCUT2D eigenvalue weighted by Crippen LogP contribution is -2.17. The van der Waals surface area contributed by atoms with Crippen LogP contribution in [0.2, 0.25) is 5.02 Å². The van der Waals surface area contributed by atoms with Crippen molar-refractivity contribution in [2.75, 3.05) is 7.05 Å². The van der Waals surface area contributed by atoms with E-state index in [1.54, 1.807) is 24.5 Å². The van der Waals surface area contributed by atoms with Crippen LogP contribution in [0.15, 0.2) is 45.4 Å². The van der Waals surface area contributed by atoms with Crippen LogP contribution >= 0.6 is 11.6 Å². The summed E-state index contributed by atoms with van der Waals surface area (Å²) >= 11 is 6.02. The third-order valence-corrected chi connectivity index (χ3v) is 3.41. The minimum atomic E-state index is -0.351. The van der Waals surface area contributed by atoms with E-state index in [2.05, 4.69) is 10.2 Å². The molecule has 3 aromatic rings. The number of halogens is 2. The second-order valence-corrected chi connectivity index (χ2v) is 5.29. The van der Waals surface area contributed by atoms with Crippen molar-refractivity contribution in [2.24, 2.45) is 0 Å². The fraction of sp³-hybridized carbons (Fsp3) is 0.200. The molecule has 0 aliphatic rings. The third-order valence-electron chi connectivity index (χ3n) is 3.06. The van der Waals surface area contributed by atoms with Crippen LogP contribution in [0.5, 0.6) is 0 Å². The predicted molar refractivity (Wildman–Crippen MR) is 78.6 cm³/mol. The molecular formula is C15H13ClFN3O2. The summed E-state index contributed by atoms with van der Waals surface area (Å²) in [5, 5.41) is 8.31. The molecule has 7 heteroatoms. The SMILES string of the molecule is CN(Cc1nnc(-c2ccco2)o1)Cc1ccc(F)cc1Cl. The second kappa shape index (κ2) is 6.29. The maximum absolute atomic E-state index is 13.0. The Morgan fingerprint density at radius 2 is 2.09 bits per heavy atom. The molecule has 22 heavy (non-hydrogen) atoms. The van der Waals surface area contributed by atoms with Gasteiger partial charge < -0.3 is 8.83 Å². The van der Waals surface area contributed by atoms with Crippen LogP contribution in [0.25, 0.3) is 11.7 Å². The highest BCUT2D eigenvalue weighted by Crippen LogP contribution is 2.21. The molecule has 114 valence electrons. The van der Waals surface area contributed by atoms with Gasteiger partial charge in [-0.25, -0.2) is 4.39 Å². The summed E-state index contributed by atoms with van der Waals surface area (Å²) in [4.78, 5) is 1.94. The van der Waals surface area contributed by atoms with Crippen molar-refractivity contribution in [3.63, 3.8) is 0 Å². The van der Waals surface area contributed by atoms with Gasteiger partial charge in [0.15, 0.2) is 5.76 Å². The van der Waals surface area contributed by atoms with Gasteiger partial charge in [0.05, 0.1) is 12.8 Å². The van der Waals surface area contributed by atoms with E-state index in [-0.39, 0.29) is 5.82 Å². The van der Waals surface area contributed by atoms with E-state index in [9.17, 15) is 4.39 Å². The Morgan fingerprint density at radius 3 is 2.82 bits per heavy atom. The maximum atomic E-state index is 13.0. The molecule has 0 aliphatic heterocycles. The fourth-order valence-corrected chi connectivity index (χ4v) is 2.27. The predicted octanol–water partition coefficient (Wildman–Crippen LogP) is 3.75. The highest BCUT2D eigenvalue weighted by atomic mass is 35.5. The topological polar surface area (TPSA) is 55.3 Å². The summed E-state index contributed by atoms with van der Waals surface area (Å²) in [7, 11) is 1.89. The largest absolute Gasteiger partial charge is 0.459 e. The van der Waals surface area contributed by atoms with Gasteiger partial charge in [0.1, 0.15) is 5.82 Å². The van der Waals surface area contributed by atoms with E-state index in [0.29, 0.717) is 35.7 Å². The fourth-order valence-electron chi connectivity index (χ4n) is 2.04. The lowest BCUT2D eigenvalue weighted by molar-refractivity contribution is 0.282. The minimum absolute atomic E-state index is 0.341. The third kappa shape index (κ3) is 3.35. The summed E-state index contributed by atoms with van der Waals surface area (Å²) in [5.74, 6) is 0.986. The lowest BCUT2D eigenvalue weighted by atomic mass is 10.2. The molecule has 0 spiro atoms. The van der Waals surface area contributed by atoms with Gasteiger partial charge in [-0.3, -0.25) is 4.90 Å². The standard InChI is InChI=1S/C15H13ClFN3O2/c1-20(8-10-4-5-11(17)7-12(10)16)9-14-18-19-15(22-14)13-3-2-6-21-13/h2-7H,8-9H2,1H3. The number of rotatable bonds is 5. The smallest absolute Gasteiger partial charge is 0.283 e. The zero-order valence-electron chi connectivity index (χ0n) is 11.8. The number of hydrogen-bond acceptors (Lipinski definition) is 5. The van der Waals surface area contributed by atoms with Crippen LogP contribution in [0, 0.1) is 5.82 Å². The Morgan fingerprint density at radius 1 is 1.23 bits per heavy atom. The molecule has 2 aromatic heterocycles.